The lowest BCUT2D eigenvalue weighted by Crippen LogP contribution is -2.41. The summed E-state index contributed by atoms with van der Waals surface area (Å²) in [5.74, 6) is 1.44. The van der Waals surface area contributed by atoms with Gasteiger partial charge in [0.2, 0.25) is 0 Å². The molecule has 1 aromatic heterocycles. The van der Waals surface area contributed by atoms with Crippen LogP contribution in [-0.2, 0) is 6.54 Å². The van der Waals surface area contributed by atoms with Gasteiger partial charge in [-0.1, -0.05) is 23.2 Å². The molecule has 0 bridgehead atoms. The standard InChI is InChI=1S/C27H32Cl2FN7O/c1-35(2)17-8-11-36(12-9-17)18-4-7-22(24(14-18)38-3)32-25-15-23-27(34-33-25)31-10-13-37(23)16-19-20(28)5-6-21(30)26(19)29/h4-7,14-15,17H,8-13,16H2,1-3H3,(H,31,34)(H,32,33). The monoisotopic (exact) mass is 559 g/mol. The molecule has 2 N–H and O–H groups in total. The topological polar surface area (TPSA) is 68.8 Å². The molecule has 0 aliphatic carbocycles. The summed E-state index contributed by atoms with van der Waals surface area (Å²) in [5.41, 5.74) is 3.30. The quantitative estimate of drug-likeness (QED) is 0.360. The van der Waals surface area contributed by atoms with E-state index in [-0.39, 0.29) is 5.02 Å². The number of rotatable bonds is 7. The first kappa shape index (κ1) is 26.6. The molecule has 3 aromatic rings. The van der Waals surface area contributed by atoms with E-state index in [0.29, 0.717) is 47.9 Å². The van der Waals surface area contributed by atoms with Crippen LogP contribution in [0.5, 0.6) is 5.75 Å². The van der Waals surface area contributed by atoms with Crippen molar-refractivity contribution in [3.8, 4) is 5.75 Å². The fourth-order valence-electron chi connectivity index (χ4n) is 5.07. The number of ether oxygens (including phenoxy) is 1. The van der Waals surface area contributed by atoms with Crippen LogP contribution in [0.2, 0.25) is 10.0 Å². The second-order valence-corrected chi connectivity index (χ2v) is 10.6. The minimum absolute atomic E-state index is 0.0358. The van der Waals surface area contributed by atoms with E-state index in [1.165, 1.54) is 12.1 Å². The summed E-state index contributed by atoms with van der Waals surface area (Å²) in [7, 11) is 5.96. The molecule has 5 rings (SSSR count). The Kier molecular flexibility index (Phi) is 7.97. The molecule has 1 fully saturated rings. The van der Waals surface area contributed by atoms with E-state index in [4.69, 9.17) is 27.9 Å². The zero-order chi connectivity index (χ0) is 26.8. The number of methoxy groups -OCH3 is 1. The fourth-order valence-corrected chi connectivity index (χ4v) is 5.56. The Morgan fingerprint density at radius 1 is 1.11 bits per heavy atom. The molecule has 202 valence electrons. The summed E-state index contributed by atoms with van der Waals surface area (Å²) in [6, 6.07) is 11.5. The Morgan fingerprint density at radius 3 is 2.63 bits per heavy atom. The Hall–Kier alpha value is -3.01. The van der Waals surface area contributed by atoms with Gasteiger partial charge in [-0.05, 0) is 51.2 Å². The van der Waals surface area contributed by atoms with Crippen LogP contribution in [0, 0.1) is 5.82 Å². The van der Waals surface area contributed by atoms with E-state index in [1.807, 2.05) is 12.1 Å². The zero-order valence-electron chi connectivity index (χ0n) is 21.8. The molecule has 2 aliphatic heterocycles. The first-order valence-corrected chi connectivity index (χ1v) is 13.4. The molecule has 38 heavy (non-hydrogen) atoms. The second-order valence-electron chi connectivity index (χ2n) is 9.82. The van der Waals surface area contributed by atoms with Crippen molar-refractivity contribution in [2.24, 2.45) is 0 Å². The van der Waals surface area contributed by atoms with Gasteiger partial charge in [0, 0.05) is 67.2 Å². The van der Waals surface area contributed by atoms with Crippen molar-refractivity contribution in [1.29, 1.82) is 0 Å². The first-order chi connectivity index (χ1) is 18.3. The first-order valence-electron chi connectivity index (χ1n) is 12.7. The van der Waals surface area contributed by atoms with Crippen LogP contribution >= 0.6 is 23.2 Å². The number of anilines is 5. The number of hydrogen-bond donors (Lipinski definition) is 2. The van der Waals surface area contributed by atoms with Gasteiger partial charge in [-0.3, -0.25) is 0 Å². The zero-order valence-corrected chi connectivity index (χ0v) is 23.3. The normalized spacial score (nSPS) is 15.9. The number of fused-ring (bicyclic) bond motifs is 1. The molecule has 0 saturated carbocycles. The van der Waals surface area contributed by atoms with Crippen molar-refractivity contribution < 1.29 is 9.13 Å². The summed E-state index contributed by atoms with van der Waals surface area (Å²) < 4.78 is 19.8. The van der Waals surface area contributed by atoms with Crippen LogP contribution in [0.3, 0.4) is 0 Å². The molecule has 2 aromatic carbocycles. The number of piperidine rings is 1. The summed E-state index contributed by atoms with van der Waals surface area (Å²) in [5, 5.41) is 15.8. The summed E-state index contributed by atoms with van der Waals surface area (Å²) in [4.78, 5) is 6.77. The van der Waals surface area contributed by atoms with Crippen LogP contribution in [0.15, 0.2) is 36.4 Å². The third kappa shape index (κ3) is 5.55. The molecule has 0 amide bonds. The highest BCUT2D eigenvalue weighted by Gasteiger charge is 2.24. The maximum atomic E-state index is 14.1. The summed E-state index contributed by atoms with van der Waals surface area (Å²) >= 11 is 12.6. The predicted molar refractivity (Wildman–Crippen MR) is 153 cm³/mol. The van der Waals surface area contributed by atoms with Gasteiger partial charge in [-0.15, -0.1) is 10.2 Å². The third-order valence-corrected chi connectivity index (χ3v) is 8.05. The van der Waals surface area contributed by atoms with Crippen LogP contribution in [-0.4, -0.2) is 68.5 Å². The Bertz CT molecular complexity index is 1300. The molecule has 1 saturated heterocycles. The van der Waals surface area contributed by atoms with Crippen molar-refractivity contribution in [2.45, 2.75) is 25.4 Å². The molecule has 0 radical (unpaired) electrons. The molecule has 0 unspecified atom stereocenters. The number of benzene rings is 2. The van der Waals surface area contributed by atoms with Crippen LogP contribution in [0.25, 0.3) is 0 Å². The van der Waals surface area contributed by atoms with E-state index in [9.17, 15) is 4.39 Å². The van der Waals surface area contributed by atoms with Crippen molar-refractivity contribution in [1.82, 2.24) is 15.1 Å². The van der Waals surface area contributed by atoms with Gasteiger partial charge in [0.1, 0.15) is 11.6 Å². The highest BCUT2D eigenvalue weighted by atomic mass is 35.5. The van der Waals surface area contributed by atoms with E-state index < -0.39 is 5.82 Å². The number of nitrogens with zero attached hydrogens (tertiary/aromatic N) is 5. The van der Waals surface area contributed by atoms with Crippen molar-refractivity contribution in [3.05, 3.63) is 57.8 Å². The van der Waals surface area contributed by atoms with Gasteiger partial charge in [-0.2, -0.15) is 0 Å². The average molecular weight is 561 g/mol. The highest BCUT2D eigenvalue weighted by Crippen LogP contribution is 2.37. The van der Waals surface area contributed by atoms with Crippen LogP contribution in [0.1, 0.15) is 18.4 Å². The minimum atomic E-state index is -0.491. The maximum Gasteiger partial charge on any atom is 0.172 e. The molecular formula is C27H32Cl2FN7O. The number of halogens is 3. The van der Waals surface area contributed by atoms with Gasteiger partial charge < -0.3 is 30.1 Å². The number of aromatic nitrogens is 2. The Labute approximate surface area is 232 Å². The molecule has 11 heteroatoms. The predicted octanol–water partition coefficient (Wildman–Crippen LogP) is 5.64. The smallest absolute Gasteiger partial charge is 0.172 e. The lowest BCUT2D eigenvalue weighted by Gasteiger charge is -2.36. The van der Waals surface area contributed by atoms with Crippen molar-refractivity contribution in [2.75, 3.05) is 67.8 Å². The van der Waals surface area contributed by atoms with Crippen molar-refractivity contribution >= 4 is 51.9 Å². The van der Waals surface area contributed by atoms with Gasteiger partial charge in [0.15, 0.2) is 11.6 Å². The van der Waals surface area contributed by atoms with E-state index in [1.54, 1.807) is 7.11 Å². The van der Waals surface area contributed by atoms with Gasteiger partial charge in [-0.25, -0.2) is 4.39 Å². The van der Waals surface area contributed by atoms with Crippen LogP contribution in [0.4, 0.5) is 33.1 Å². The van der Waals surface area contributed by atoms with Crippen molar-refractivity contribution in [3.63, 3.8) is 0 Å². The summed E-state index contributed by atoms with van der Waals surface area (Å²) in [6.07, 6.45) is 2.27. The van der Waals surface area contributed by atoms with Gasteiger partial charge in [0.25, 0.3) is 0 Å². The molecule has 0 spiro atoms. The minimum Gasteiger partial charge on any atom is -0.494 e. The molecular weight excluding hydrogens is 528 g/mol. The third-order valence-electron chi connectivity index (χ3n) is 7.28. The molecule has 3 heterocycles. The van der Waals surface area contributed by atoms with Crippen LogP contribution < -0.4 is 25.2 Å². The Balaban J connectivity index is 1.35. The summed E-state index contributed by atoms with van der Waals surface area (Å²) in [6.45, 7) is 3.70. The number of nitrogens with one attached hydrogen (secondary N) is 2. The highest BCUT2D eigenvalue weighted by molar-refractivity contribution is 6.36. The van der Waals surface area contributed by atoms with E-state index >= 15 is 0 Å². The average Bonchev–Trinajstić information content (AvgIpc) is 2.93. The SMILES string of the molecule is COc1cc(N2CCC(N(C)C)CC2)ccc1Nc1cc2c(nn1)NCCN2Cc1c(Cl)ccc(F)c1Cl. The number of hydrogen-bond acceptors (Lipinski definition) is 8. The largest absolute Gasteiger partial charge is 0.494 e. The van der Waals surface area contributed by atoms with E-state index in [0.717, 1.165) is 48.7 Å². The van der Waals surface area contributed by atoms with Gasteiger partial charge >= 0.3 is 0 Å². The lowest BCUT2D eigenvalue weighted by molar-refractivity contribution is 0.249. The maximum absolute atomic E-state index is 14.1. The molecule has 2 aliphatic rings. The fraction of sp³-hybridized carbons (Fsp3) is 0.407. The lowest BCUT2D eigenvalue weighted by atomic mass is 10.0. The van der Waals surface area contributed by atoms with Gasteiger partial charge in [0.05, 0.1) is 23.5 Å². The molecule has 0 atom stereocenters. The van der Waals surface area contributed by atoms with E-state index in [2.05, 4.69) is 61.8 Å². The molecule has 8 nitrogen and oxygen atoms in total. The second kappa shape index (κ2) is 11.4. The Morgan fingerprint density at radius 2 is 1.89 bits per heavy atom.